The van der Waals surface area contributed by atoms with Gasteiger partial charge in [0.25, 0.3) is 0 Å². The topological polar surface area (TPSA) is 92.7 Å². The molecule has 1 aliphatic rings. The van der Waals surface area contributed by atoms with Crippen LogP contribution in [-0.2, 0) is 19.6 Å². The number of nitrogens with one attached hydrogen (secondary N) is 1. The van der Waals surface area contributed by atoms with Crippen LogP contribution in [0.15, 0.2) is 0 Å². The van der Waals surface area contributed by atoms with Gasteiger partial charge in [0.2, 0.25) is 10.0 Å². The second kappa shape index (κ2) is 4.68. The second-order valence-corrected chi connectivity index (χ2v) is 6.09. The molecule has 2 atom stereocenters. The van der Waals surface area contributed by atoms with Gasteiger partial charge in [-0.3, -0.25) is 4.79 Å². The SMILES string of the molecule is CC1OCCC1(C)NS(=O)(=O)CCC(=O)O. The molecule has 0 aliphatic carbocycles. The summed E-state index contributed by atoms with van der Waals surface area (Å²) in [6, 6.07) is 0. The lowest BCUT2D eigenvalue weighted by Crippen LogP contribution is -2.51. The van der Waals surface area contributed by atoms with Gasteiger partial charge in [-0.15, -0.1) is 0 Å². The molecule has 0 saturated carbocycles. The normalized spacial score (nSPS) is 30.5. The molecule has 1 rings (SSSR count). The summed E-state index contributed by atoms with van der Waals surface area (Å²) in [5.41, 5.74) is -0.628. The highest BCUT2D eigenvalue weighted by Crippen LogP contribution is 2.25. The molecule has 1 saturated heterocycles. The summed E-state index contributed by atoms with van der Waals surface area (Å²) in [7, 11) is -3.56. The number of ether oxygens (including phenoxy) is 1. The van der Waals surface area contributed by atoms with Crippen molar-refractivity contribution < 1.29 is 23.1 Å². The molecule has 1 aliphatic heterocycles. The molecule has 7 heteroatoms. The first kappa shape index (κ1) is 13.4. The largest absolute Gasteiger partial charge is 0.481 e. The number of hydrogen-bond acceptors (Lipinski definition) is 4. The average molecular weight is 251 g/mol. The zero-order valence-corrected chi connectivity index (χ0v) is 10.2. The third-order valence-corrected chi connectivity index (χ3v) is 4.38. The van der Waals surface area contributed by atoms with Crippen LogP contribution >= 0.6 is 0 Å². The smallest absolute Gasteiger partial charge is 0.304 e. The molecule has 2 N–H and O–H groups in total. The molecule has 0 radical (unpaired) electrons. The number of hydrogen-bond donors (Lipinski definition) is 2. The minimum absolute atomic E-state index is 0.202. The summed E-state index contributed by atoms with van der Waals surface area (Å²) in [6.07, 6.45) is 0.00769. The Kier molecular flexibility index (Phi) is 3.92. The van der Waals surface area contributed by atoms with E-state index in [0.29, 0.717) is 13.0 Å². The lowest BCUT2D eigenvalue weighted by molar-refractivity contribution is -0.136. The fourth-order valence-corrected chi connectivity index (χ4v) is 3.12. The van der Waals surface area contributed by atoms with Crippen LogP contribution in [0.3, 0.4) is 0 Å². The van der Waals surface area contributed by atoms with Gasteiger partial charge >= 0.3 is 5.97 Å². The summed E-state index contributed by atoms with van der Waals surface area (Å²) >= 11 is 0. The van der Waals surface area contributed by atoms with Crippen molar-refractivity contribution in [3.8, 4) is 0 Å². The van der Waals surface area contributed by atoms with E-state index in [1.165, 1.54) is 0 Å². The van der Waals surface area contributed by atoms with Crippen molar-refractivity contribution in [3.63, 3.8) is 0 Å². The zero-order valence-electron chi connectivity index (χ0n) is 9.39. The Morgan fingerprint density at radius 3 is 2.69 bits per heavy atom. The van der Waals surface area contributed by atoms with E-state index >= 15 is 0 Å². The molecule has 0 aromatic rings. The number of carboxylic acids is 1. The fraction of sp³-hybridized carbons (Fsp3) is 0.889. The van der Waals surface area contributed by atoms with E-state index in [-0.39, 0.29) is 12.5 Å². The van der Waals surface area contributed by atoms with Crippen LogP contribution in [0.4, 0.5) is 0 Å². The Morgan fingerprint density at radius 1 is 1.62 bits per heavy atom. The van der Waals surface area contributed by atoms with Crippen molar-refractivity contribution >= 4 is 16.0 Å². The Labute approximate surface area is 95.0 Å². The standard InChI is InChI=1S/C9H17NO5S/c1-7-9(2,4-5-15-7)10-16(13,14)6-3-8(11)12/h7,10H,3-6H2,1-2H3,(H,11,12). The highest BCUT2D eigenvalue weighted by atomic mass is 32.2. The summed E-state index contributed by atoms with van der Waals surface area (Å²) in [4.78, 5) is 10.3. The molecule has 94 valence electrons. The van der Waals surface area contributed by atoms with Crippen molar-refractivity contribution in [2.45, 2.75) is 38.3 Å². The zero-order chi connectivity index (χ0) is 12.4. The molecule has 0 amide bonds. The molecular formula is C9H17NO5S. The van der Waals surface area contributed by atoms with Gasteiger partial charge in [0.15, 0.2) is 0 Å². The van der Waals surface area contributed by atoms with Crippen LogP contribution in [0.1, 0.15) is 26.7 Å². The predicted molar refractivity (Wildman–Crippen MR) is 57.6 cm³/mol. The maximum Gasteiger partial charge on any atom is 0.304 e. The van der Waals surface area contributed by atoms with Gasteiger partial charge in [0, 0.05) is 6.61 Å². The Morgan fingerprint density at radius 2 is 2.25 bits per heavy atom. The molecule has 6 nitrogen and oxygen atoms in total. The molecule has 2 unspecified atom stereocenters. The lowest BCUT2D eigenvalue weighted by Gasteiger charge is -2.28. The predicted octanol–water partition coefficient (Wildman–Crippen LogP) is -0.0520. The minimum atomic E-state index is -3.56. The maximum absolute atomic E-state index is 11.6. The van der Waals surface area contributed by atoms with Crippen LogP contribution in [0.2, 0.25) is 0 Å². The van der Waals surface area contributed by atoms with Crippen molar-refractivity contribution in [2.24, 2.45) is 0 Å². The van der Waals surface area contributed by atoms with Gasteiger partial charge in [0.05, 0.1) is 23.8 Å². The maximum atomic E-state index is 11.6. The van der Waals surface area contributed by atoms with E-state index in [1.54, 1.807) is 13.8 Å². The first-order valence-corrected chi connectivity index (χ1v) is 6.75. The van der Waals surface area contributed by atoms with E-state index in [1.807, 2.05) is 0 Å². The van der Waals surface area contributed by atoms with Crippen molar-refractivity contribution in [2.75, 3.05) is 12.4 Å². The van der Waals surface area contributed by atoms with Crippen LogP contribution in [0.25, 0.3) is 0 Å². The Balaban J connectivity index is 2.61. The molecule has 0 bridgehead atoms. The third kappa shape index (κ3) is 3.43. The first-order valence-electron chi connectivity index (χ1n) is 5.10. The number of rotatable bonds is 5. The van der Waals surface area contributed by atoms with Crippen LogP contribution < -0.4 is 4.72 Å². The summed E-state index contributed by atoms with van der Waals surface area (Å²) < 4.78 is 31.0. The van der Waals surface area contributed by atoms with Gasteiger partial charge in [-0.25, -0.2) is 13.1 Å². The number of carbonyl (C=O) groups is 1. The number of aliphatic carboxylic acids is 1. The van der Waals surface area contributed by atoms with Crippen molar-refractivity contribution in [3.05, 3.63) is 0 Å². The Bertz CT molecular complexity index is 366. The lowest BCUT2D eigenvalue weighted by atomic mass is 9.97. The van der Waals surface area contributed by atoms with Crippen LogP contribution in [0, 0.1) is 0 Å². The number of sulfonamides is 1. The van der Waals surface area contributed by atoms with Crippen molar-refractivity contribution in [1.82, 2.24) is 4.72 Å². The molecule has 0 spiro atoms. The van der Waals surface area contributed by atoms with E-state index in [4.69, 9.17) is 9.84 Å². The van der Waals surface area contributed by atoms with Gasteiger partial charge in [-0.05, 0) is 20.3 Å². The molecule has 0 aromatic heterocycles. The second-order valence-electron chi connectivity index (χ2n) is 4.25. The highest BCUT2D eigenvalue weighted by molar-refractivity contribution is 7.89. The monoisotopic (exact) mass is 251 g/mol. The highest BCUT2D eigenvalue weighted by Gasteiger charge is 2.40. The van der Waals surface area contributed by atoms with E-state index in [0.717, 1.165) is 0 Å². The molecular weight excluding hydrogens is 234 g/mol. The number of carboxylic acid groups (broad SMARTS) is 1. The molecule has 16 heavy (non-hydrogen) atoms. The first-order chi connectivity index (χ1) is 7.25. The quantitative estimate of drug-likeness (QED) is 0.714. The van der Waals surface area contributed by atoms with E-state index in [2.05, 4.69) is 4.72 Å². The molecule has 0 aromatic carbocycles. The molecule has 1 fully saturated rings. The summed E-state index contributed by atoms with van der Waals surface area (Å²) in [5, 5.41) is 8.44. The summed E-state index contributed by atoms with van der Waals surface area (Å²) in [5.74, 6) is -1.52. The third-order valence-electron chi connectivity index (χ3n) is 2.86. The fourth-order valence-electron chi connectivity index (χ4n) is 1.60. The van der Waals surface area contributed by atoms with Gasteiger partial charge in [-0.2, -0.15) is 0 Å². The van der Waals surface area contributed by atoms with E-state index < -0.39 is 27.3 Å². The van der Waals surface area contributed by atoms with Crippen LogP contribution in [-0.4, -0.2) is 43.5 Å². The summed E-state index contributed by atoms with van der Waals surface area (Å²) in [6.45, 7) is 4.08. The van der Waals surface area contributed by atoms with Crippen LogP contribution in [0.5, 0.6) is 0 Å². The van der Waals surface area contributed by atoms with Crippen molar-refractivity contribution in [1.29, 1.82) is 0 Å². The van der Waals surface area contributed by atoms with Gasteiger partial charge in [0.1, 0.15) is 0 Å². The molecule has 1 heterocycles. The van der Waals surface area contributed by atoms with Gasteiger partial charge in [-0.1, -0.05) is 0 Å². The average Bonchev–Trinajstić information content (AvgIpc) is 2.43. The minimum Gasteiger partial charge on any atom is -0.481 e. The van der Waals surface area contributed by atoms with E-state index in [9.17, 15) is 13.2 Å². The Hall–Kier alpha value is -0.660. The van der Waals surface area contributed by atoms with Gasteiger partial charge < -0.3 is 9.84 Å².